The van der Waals surface area contributed by atoms with Gasteiger partial charge in [-0.05, 0) is 37.1 Å². The number of rotatable bonds is 5. The summed E-state index contributed by atoms with van der Waals surface area (Å²) in [7, 11) is 0. The Labute approximate surface area is 150 Å². The fourth-order valence-corrected chi connectivity index (χ4v) is 3.02. The van der Waals surface area contributed by atoms with Gasteiger partial charge < -0.3 is 10.2 Å². The van der Waals surface area contributed by atoms with Crippen LogP contribution >= 0.6 is 0 Å². The summed E-state index contributed by atoms with van der Waals surface area (Å²) in [4.78, 5) is 18.7. The number of carbonyl (C=O) groups excluding carboxylic acids is 1. The van der Waals surface area contributed by atoms with Gasteiger partial charge in [0, 0.05) is 29.6 Å². The molecule has 2 aromatic rings. The molecule has 1 atom stereocenters. The quantitative estimate of drug-likeness (QED) is 0.855. The zero-order chi connectivity index (χ0) is 18.7. The zero-order valence-electron chi connectivity index (χ0n) is 14.2. The fraction of sp³-hybridized carbons (Fsp3) is 0.200. The van der Waals surface area contributed by atoms with Crippen molar-refractivity contribution in [1.82, 2.24) is 4.98 Å². The van der Waals surface area contributed by atoms with Crippen molar-refractivity contribution in [1.29, 1.82) is 0 Å². The number of nitrogens with zero attached hydrogens (tertiary/aromatic N) is 2. The van der Waals surface area contributed by atoms with Crippen LogP contribution in [0.4, 0.5) is 20.3 Å². The molecule has 1 aromatic carbocycles. The van der Waals surface area contributed by atoms with Crippen molar-refractivity contribution in [2.75, 3.05) is 16.8 Å². The molecule has 0 bridgehead atoms. The first kappa shape index (κ1) is 17.8. The molecule has 1 fully saturated rings. The Morgan fingerprint density at radius 2 is 1.73 bits per heavy atom. The highest BCUT2D eigenvalue weighted by molar-refractivity contribution is 5.96. The molecule has 1 saturated heterocycles. The third kappa shape index (κ3) is 3.79. The first-order valence-corrected chi connectivity index (χ1v) is 8.29. The van der Waals surface area contributed by atoms with E-state index in [4.69, 9.17) is 0 Å². The summed E-state index contributed by atoms with van der Waals surface area (Å²) in [6.07, 6.45) is 2.92. The van der Waals surface area contributed by atoms with Gasteiger partial charge in [-0.1, -0.05) is 25.3 Å². The van der Waals surface area contributed by atoms with Crippen molar-refractivity contribution in [3.05, 3.63) is 66.9 Å². The Balaban J connectivity index is 1.71. The molecule has 1 aromatic heterocycles. The van der Waals surface area contributed by atoms with E-state index >= 15 is 0 Å². The molecule has 1 N–H and O–H groups in total. The highest BCUT2D eigenvalue weighted by atomic mass is 19.1. The summed E-state index contributed by atoms with van der Waals surface area (Å²) in [5.41, 5.74) is 1.55. The van der Waals surface area contributed by atoms with Gasteiger partial charge in [-0.2, -0.15) is 0 Å². The monoisotopic (exact) mass is 355 g/mol. The first-order chi connectivity index (χ1) is 12.5. The molecule has 0 radical (unpaired) electrons. The lowest BCUT2D eigenvalue weighted by molar-refractivity contribution is -0.117. The molecule has 4 nitrogen and oxygen atoms in total. The molecule has 3 rings (SSSR count). The zero-order valence-corrected chi connectivity index (χ0v) is 14.2. The third-order valence-corrected chi connectivity index (χ3v) is 4.40. The average Bonchev–Trinajstić information content (AvgIpc) is 3.12. The second-order valence-corrected chi connectivity index (χ2v) is 6.13. The SMILES string of the molecule is C=C(F)c1ccc(N2CCCC2C(=O)Nc2ccc(C(=C)F)cn2)cc1. The van der Waals surface area contributed by atoms with Crippen molar-refractivity contribution >= 4 is 29.1 Å². The van der Waals surface area contributed by atoms with E-state index in [1.54, 1.807) is 30.3 Å². The summed E-state index contributed by atoms with van der Waals surface area (Å²) >= 11 is 0. The van der Waals surface area contributed by atoms with E-state index < -0.39 is 11.7 Å². The van der Waals surface area contributed by atoms with Crippen molar-refractivity contribution in [3.8, 4) is 0 Å². The van der Waals surface area contributed by atoms with Crippen LogP contribution in [-0.4, -0.2) is 23.5 Å². The molecule has 1 unspecified atom stereocenters. The van der Waals surface area contributed by atoms with Crippen LogP contribution in [0.2, 0.25) is 0 Å². The number of nitrogens with one attached hydrogen (secondary N) is 1. The topological polar surface area (TPSA) is 45.2 Å². The van der Waals surface area contributed by atoms with Crippen molar-refractivity contribution in [2.45, 2.75) is 18.9 Å². The van der Waals surface area contributed by atoms with E-state index in [1.165, 1.54) is 12.3 Å². The molecular weight excluding hydrogens is 336 g/mol. The number of hydrogen-bond acceptors (Lipinski definition) is 3. The van der Waals surface area contributed by atoms with E-state index in [2.05, 4.69) is 23.5 Å². The summed E-state index contributed by atoms with van der Waals surface area (Å²) in [5, 5.41) is 2.76. The molecule has 0 aliphatic carbocycles. The van der Waals surface area contributed by atoms with E-state index in [1.807, 2.05) is 4.90 Å². The minimum Gasteiger partial charge on any atom is -0.360 e. The molecule has 2 heterocycles. The largest absolute Gasteiger partial charge is 0.360 e. The summed E-state index contributed by atoms with van der Waals surface area (Å²) < 4.78 is 26.2. The van der Waals surface area contributed by atoms with Gasteiger partial charge in [0.1, 0.15) is 23.5 Å². The van der Waals surface area contributed by atoms with E-state index in [0.717, 1.165) is 18.7 Å². The van der Waals surface area contributed by atoms with Gasteiger partial charge in [-0.25, -0.2) is 13.8 Å². The Morgan fingerprint density at radius 1 is 1.08 bits per heavy atom. The molecule has 1 amide bonds. The highest BCUT2D eigenvalue weighted by Crippen LogP contribution is 2.28. The Kier molecular flexibility index (Phi) is 5.11. The van der Waals surface area contributed by atoms with Crippen LogP contribution in [-0.2, 0) is 4.79 Å². The normalized spacial score (nSPS) is 16.4. The average molecular weight is 355 g/mol. The number of aromatic nitrogens is 1. The molecular formula is C20H19F2N3O. The van der Waals surface area contributed by atoms with E-state index in [-0.39, 0.29) is 17.5 Å². The van der Waals surface area contributed by atoms with Gasteiger partial charge in [0.2, 0.25) is 5.91 Å². The first-order valence-electron chi connectivity index (χ1n) is 8.29. The fourth-order valence-electron chi connectivity index (χ4n) is 3.02. The van der Waals surface area contributed by atoms with E-state index in [9.17, 15) is 13.6 Å². The number of carbonyl (C=O) groups is 1. The predicted molar refractivity (Wildman–Crippen MR) is 100.0 cm³/mol. The number of anilines is 2. The van der Waals surface area contributed by atoms with Gasteiger partial charge in [-0.3, -0.25) is 4.79 Å². The second kappa shape index (κ2) is 7.47. The van der Waals surface area contributed by atoms with Crippen LogP contribution in [0.3, 0.4) is 0 Å². The summed E-state index contributed by atoms with van der Waals surface area (Å²) in [6, 6.07) is 9.58. The summed E-state index contributed by atoms with van der Waals surface area (Å²) in [5.74, 6) is -0.883. The number of hydrogen-bond donors (Lipinski definition) is 1. The Bertz CT molecular complexity index is 831. The highest BCUT2D eigenvalue weighted by Gasteiger charge is 2.31. The van der Waals surface area contributed by atoms with Gasteiger partial charge in [0.05, 0.1) is 0 Å². The number of benzene rings is 1. The molecule has 134 valence electrons. The molecule has 1 aliphatic heterocycles. The molecule has 6 heteroatoms. The van der Waals surface area contributed by atoms with Crippen LogP contribution in [0.15, 0.2) is 55.8 Å². The number of pyridine rings is 1. The van der Waals surface area contributed by atoms with Gasteiger partial charge in [0.25, 0.3) is 0 Å². The molecule has 26 heavy (non-hydrogen) atoms. The number of amides is 1. The maximum atomic E-state index is 13.2. The third-order valence-electron chi connectivity index (χ3n) is 4.40. The second-order valence-electron chi connectivity index (χ2n) is 6.13. The lowest BCUT2D eigenvalue weighted by Gasteiger charge is -2.26. The molecule has 0 spiro atoms. The standard InChI is InChI=1S/C20H19F2N3O/c1-13(21)15-5-8-17(9-6-15)25-11-3-4-18(25)20(26)24-19-10-7-16(12-23-19)14(2)22/h5-10,12,18H,1-4,11H2,(H,23,24,26). The van der Waals surface area contributed by atoms with Crippen LogP contribution in [0.1, 0.15) is 24.0 Å². The molecule has 1 aliphatic rings. The predicted octanol–water partition coefficient (Wildman–Crippen LogP) is 4.57. The number of halogens is 2. The van der Waals surface area contributed by atoms with Gasteiger partial charge in [0.15, 0.2) is 0 Å². The smallest absolute Gasteiger partial charge is 0.248 e. The van der Waals surface area contributed by atoms with Crippen LogP contribution in [0, 0.1) is 0 Å². The molecule has 0 saturated carbocycles. The minimum atomic E-state index is -0.572. The Hall–Kier alpha value is -3.02. The van der Waals surface area contributed by atoms with Gasteiger partial charge >= 0.3 is 0 Å². The minimum absolute atomic E-state index is 0.180. The maximum Gasteiger partial charge on any atom is 0.248 e. The van der Waals surface area contributed by atoms with Gasteiger partial charge in [-0.15, -0.1) is 0 Å². The van der Waals surface area contributed by atoms with Crippen molar-refractivity contribution in [2.24, 2.45) is 0 Å². The summed E-state index contributed by atoms with van der Waals surface area (Å²) in [6.45, 7) is 7.23. The van der Waals surface area contributed by atoms with Crippen LogP contribution < -0.4 is 10.2 Å². The lowest BCUT2D eigenvalue weighted by atomic mass is 10.1. The van der Waals surface area contributed by atoms with Crippen LogP contribution in [0.25, 0.3) is 11.7 Å². The lowest BCUT2D eigenvalue weighted by Crippen LogP contribution is -2.39. The van der Waals surface area contributed by atoms with Crippen LogP contribution in [0.5, 0.6) is 0 Å². The van der Waals surface area contributed by atoms with Crippen molar-refractivity contribution in [3.63, 3.8) is 0 Å². The Morgan fingerprint density at radius 3 is 2.31 bits per heavy atom. The van der Waals surface area contributed by atoms with Crippen molar-refractivity contribution < 1.29 is 13.6 Å². The van der Waals surface area contributed by atoms with E-state index in [0.29, 0.717) is 17.8 Å². The maximum absolute atomic E-state index is 13.2.